The third kappa shape index (κ3) is 2.93. The summed E-state index contributed by atoms with van der Waals surface area (Å²) in [5, 5.41) is 12.8. The van der Waals surface area contributed by atoms with E-state index in [-0.39, 0.29) is 12.0 Å². The Bertz CT molecular complexity index is 974. The van der Waals surface area contributed by atoms with Gasteiger partial charge in [0.1, 0.15) is 0 Å². The van der Waals surface area contributed by atoms with Gasteiger partial charge in [0.05, 0.1) is 22.7 Å². The lowest BCUT2D eigenvalue weighted by Crippen LogP contribution is -2.44. The first-order valence-electron chi connectivity index (χ1n) is 9.67. The maximum absolute atomic E-state index is 5.71. The van der Waals surface area contributed by atoms with Crippen LogP contribution in [0.1, 0.15) is 61.8 Å². The zero-order chi connectivity index (χ0) is 18.5. The van der Waals surface area contributed by atoms with Crippen LogP contribution in [0.4, 0.5) is 0 Å². The highest BCUT2D eigenvalue weighted by atomic mass is 16.5. The van der Waals surface area contributed by atoms with Crippen molar-refractivity contribution in [2.45, 2.75) is 44.6 Å². The number of aromatic nitrogens is 4. The van der Waals surface area contributed by atoms with Crippen LogP contribution in [0.15, 0.2) is 15.1 Å². The van der Waals surface area contributed by atoms with E-state index in [0.29, 0.717) is 23.3 Å². The van der Waals surface area contributed by atoms with Crippen LogP contribution in [0, 0.1) is 0 Å². The van der Waals surface area contributed by atoms with Crippen molar-refractivity contribution in [1.29, 1.82) is 0 Å². The van der Waals surface area contributed by atoms with Gasteiger partial charge in [-0.25, -0.2) is 4.98 Å². The van der Waals surface area contributed by atoms with E-state index in [4.69, 9.17) is 19.0 Å². The van der Waals surface area contributed by atoms with Crippen LogP contribution in [-0.2, 0) is 0 Å². The number of hydrogen-bond donors (Lipinski definition) is 1. The van der Waals surface area contributed by atoms with Gasteiger partial charge >= 0.3 is 0 Å². The largest absolute Gasteiger partial charge is 0.335 e. The molecule has 0 radical (unpaired) electrons. The van der Waals surface area contributed by atoms with Gasteiger partial charge in [-0.3, -0.25) is 4.90 Å². The average molecular weight is 368 g/mol. The number of likely N-dealkylation sites (N-methyl/N-ethyl adjacent to an activating group) is 1. The first-order valence-corrected chi connectivity index (χ1v) is 9.67. The lowest BCUT2D eigenvalue weighted by atomic mass is 10.0. The topological polar surface area (TPSA) is 93.1 Å². The van der Waals surface area contributed by atoms with E-state index in [2.05, 4.69) is 47.5 Å². The van der Waals surface area contributed by atoms with E-state index in [1.165, 1.54) is 0 Å². The van der Waals surface area contributed by atoms with Gasteiger partial charge in [0.25, 0.3) is 11.6 Å². The summed E-state index contributed by atoms with van der Waals surface area (Å²) >= 11 is 0. The summed E-state index contributed by atoms with van der Waals surface area (Å²) in [6, 6.07) is 2.20. The third-order valence-corrected chi connectivity index (χ3v) is 5.52. The number of nitrogens with zero attached hydrogens (tertiary/aromatic N) is 5. The molecule has 1 unspecified atom stereocenters. The molecule has 8 heteroatoms. The minimum Gasteiger partial charge on any atom is -0.335 e. The molecular formula is C19H24N6O2. The molecular weight excluding hydrogens is 344 g/mol. The zero-order valence-corrected chi connectivity index (χ0v) is 15.9. The van der Waals surface area contributed by atoms with E-state index < -0.39 is 0 Å². The van der Waals surface area contributed by atoms with E-state index in [1.54, 1.807) is 0 Å². The molecule has 1 aliphatic carbocycles. The molecule has 2 fully saturated rings. The maximum atomic E-state index is 5.71. The molecule has 5 rings (SSSR count). The standard InChI is InChI=1S/C19H24N6O2/c1-10(2)16-15-12(8-13(11-4-5-11)21-19(15)27-23-16)18-22-17(24-26-18)14-9-20-6-7-25(14)3/h8,10-11,14,20H,4-7,9H2,1-3H3. The lowest BCUT2D eigenvalue weighted by molar-refractivity contribution is 0.190. The van der Waals surface area contributed by atoms with E-state index in [1.807, 2.05) is 0 Å². The Balaban J connectivity index is 1.62. The second-order valence-corrected chi connectivity index (χ2v) is 7.93. The SMILES string of the molecule is CC(C)c1noc2nc(C3CC3)cc(-c3nc(C4CNCCN4C)no3)c12. The maximum Gasteiger partial charge on any atom is 0.259 e. The Kier molecular flexibility index (Phi) is 3.98. The van der Waals surface area contributed by atoms with Gasteiger partial charge in [-0.05, 0) is 31.9 Å². The van der Waals surface area contributed by atoms with Gasteiger partial charge in [-0.2, -0.15) is 4.98 Å². The highest BCUT2D eigenvalue weighted by molar-refractivity contribution is 5.92. The second-order valence-electron chi connectivity index (χ2n) is 7.93. The van der Waals surface area contributed by atoms with Crippen LogP contribution in [0.5, 0.6) is 0 Å². The molecule has 1 saturated heterocycles. The first kappa shape index (κ1) is 16.8. The molecule has 4 heterocycles. The fourth-order valence-corrected chi connectivity index (χ4v) is 3.72. The fraction of sp³-hybridized carbons (Fsp3) is 0.579. The Morgan fingerprint density at radius 1 is 1.19 bits per heavy atom. The van der Waals surface area contributed by atoms with Gasteiger partial charge in [-0.1, -0.05) is 24.2 Å². The van der Waals surface area contributed by atoms with Crippen molar-refractivity contribution in [3.8, 4) is 11.5 Å². The summed E-state index contributed by atoms with van der Waals surface area (Å²) in [6.45, 7) is 6.95. The van der Waals surface area contributed by atoms with Crippen molar-refractivity contribution in [2.75, 3.05) is 26.7 Å². The van der Waals surface area contributed by atoms with Crippen LogP contribution in [-0.4, -0.2) is 51.9 Å². The molecule has 1 saturated carbocycles. The third-order valence-electron chi connectivity index (χ3n) is 5.52. The quantitative estimate of drug-likeness (QED) is 0.751. The lowest BCUT2D eigenvalue weighted by Gasteiger charge is -2.30. The molecule has 2 aliphatic rings. The van der Waals surface area contributed by atoms with Crippen LogP contribution in [0.2, 0.25) is 0 Å². The van der Waals surface area contributed by atoms with Gasteiger partial charge in [0.15, 0.2) is 5.82 Å². The highest BCUT2D eigenvalue weighted by Gasteiger charge is 2.31. The Labute approximate surface area is 157 Å². The number of hydrogen-bond acceptors (Lipinski definition) is 8. The fourth-order valence-electron chi connectivity index (χ4n) is 3.72. The second kappa shape index (κ2) is 6.38. The first-order chi connectivity index (χ1) is 13.1. The monoisotopic (exact) mass is 368 g/mol. The normalized spacial score (nSPS) is 21.4. The molecule has 3 aromatic rings. The molecule has 1 atom stereocenters. The average Bonchev–Trinajstić information content (AvgIpc) is 3.24. The van der Waals surface area contributed by atoms with Crippen LogP contribution >= 0.6 is 0 Å². The Hall–Kier alpha value is -2.32. The summed E-state index contributed by atoms with van der Waals surface area (Å²) in [6.07, 6.45) is 2.33. The summed E-state index contributed by atoms with van der Waals surface area (Å²) in [5.74, 6) is 1.94. The molecule has 1 N–H and O–H groups in total. The number of pyridine rings is 1. The van der Waals surface area contributed by atoms with E-state index >= 15 is 0 Å². The van der Waals surface area contributed by atoms with Gasteiger partial charge in [0, 0.05) is 31.2 Å². The number of fused-ring (bicyclic) bond motifs is 1. The number of rotatable bonds is 4. The van der Waals surface area contributed by atoms with Crippen LogP contribution in [0.25, 0.3) is 22.6 Å². The molecule has 0 amide bonds. The van der Waals surface area contributed by atoms with Crippen molar-refractivity contribution in [3.05, 3.63) is 23.3 Å². The van der Waals surface area contributed by atoms with Crippen molar-refractivity contribution in [2.24, 2.45) is 0 Å². The van der Waals surface area contributed by atoms with Gasteiger partial charge < -0.3 is 14.4 Å². The molecule has 142 valence electrons. The predicted octanol–water partition coefficient (Wildman–Crippen LogP) is 2.85. The van der Waals surface area contributed by atoms with Crippen LogP contribution < -0.4 is 5.32 Å². The molecule has 0 spiro atoms. The molecule has 27 heavy (non-hydrogen) atoms. The summed E-state index contributed by atoms with van der Waals surface area (Å²) in [4.78, 5) is 11.7. The molecule has 0 bridgehead atoms. The van der Waals surface area contributed by atoms with Crippen molar-refractivity contribution < 1.29 is 9.05 Å². The smallest absolute Gasteiger partial charge is 0.259 e. The van der Waals surface area contributed by atoms with Crippen LogP contribution in [0.3, 0.4) is 0 Å². The van der Waals surface area contributed by atoms with Gasteiger partial charge in [0.2, 0.25) is 0 Å². The van der Waals surface area contributed by atoms with Crippen molar-refractivity contribution >= 4 is 11.1 Å². The van der Waals surface area contributed by atoms with Gasteiger partial charge in [-0.15, -0.1) is 0 Å². The van der Waals surface area contributed by atoms with Crippen molar-refractivity contribution in [1.82, 2.24) is 30.5 Å². The summed E-state index contributed by atoms with van der Waals surface area (Å²) in [5.41, 5.74) is 3.36. The Morgan fingerprint density at radius 3 is 2.78 bits per heavy atom. The molecule has 1 aliphatic heterocycles. The highest BCUT2D eigenvalue weighted by Crippen LogP contribution is 2.42. The van der Waals surface area contributed by atoms with E-state index in [0.717, 1.165) is 54.8 Å². The van der Waals surface area contributed by atoms with Crippen molar-refractivity contribution in [3.63, 3.8) is 0 Å². The minimum absolute atomic E-state index is 0.114. The zero-order valence-electron chi connectivity index (χ0n) is 15.9. The summed E-state index contributed by atoms with van der Waals surface area (Å²) in [7, 11) is 2.09. The molecule has 3 aromatic heterocycles. The predicted molar refractivity (Wildman–Crippen MR) is 99.4 cm³/mol. The summed E-state index contributed by atoms with van der Waals surface area (Å²) < 4.78 is 11.3. The molecule has 8 nitrogen and oxygen atoms in total. The van der Waals surface area contributed by atoms with E-state index in [9.17, 15) is 0 Å². The minimum atomic E-state index is 0.114. The number of nitrogens with one attached hydrogen (secondary N) is 1. The Morgan fingerprint density at radius 2 is 2.04 bits per heavy atom. The number of piperazine rings is 1. The molecule has 0 aromatic carbocycles.